The summed E-state index contributed by atoms with van der Waals surface area (Å²) in [5.74, 6) is 0.701. The van der Waals surface area contributed by atoms with Crippen molar-refractivity contribution >= 4 is 70.8 Å². The van der Waals surface area contributed by atoms with Crippen molar-refractivity contribution < 1.29 is 0 Å². The fourth-order valence-corrected chi connectivity index (χ4v) is 7.15. The van der Waals surface area contributed by atoms with Gasteiger partial charge in [-0.2, -0.15) is 0 Å². The van der Waals surface area contributed by atoms with E-state index in [1.807, 2.05) is 24.3 Å². The second-order valence-electron chi connectivity index (χ2n) is 11.6. The molecule has 0 spiro atoms. The molecular formula is C41H24N4. The van der Waals surface area contributed by atoms with Crippen LogP contribution in [-0.4, -0.2) is 19.4 Å². The molecule has 0 saturated carbocycles. The monoisotopic (exact) mass is 572 g/mol. The average Bonchev–Trinajstić information content (AvgIpc) is 3.51. The van der Waals surface area contributed by atoms with Crippen LogP contribution >= 0.6 is 0 Å². The number of rotatable bonds is 2. The molecule has 0 bridgehead atoms. The lowest BCUT2D eigenvalue weighted by atomic mass is 9.92. The summed E-state index contributed by atoms with van der Waals surface area (Å²) in [6.07, 6.45) is 0. The lowest BCUT2D eigenvalue weighted by Crippen LogP contribution is -2.00. The summed E-state index contributed by atoms with van der Waals surface area (Å²) >= 11 is 0. The number of hydrogen-bond donors (Lipinski definition) is 0. The predicted molar refractivity (Wildman–Crippen MR) is 187 cm³/mol. The van der Waals surface area contributed by atoms with E-state index in [9.17, 15) is 0 Å². The number of benzene rings is 7. The summed E-state index contributed by atoms with van der Waals surface area (Å²) in [5.41, 5.74) is 7.76. The van der Waals surface area contributed by atoms with Gasteiger partial charge < -0.3 is 0 Å². The molecule has 0 aliphatic rings. The summed E-state index contributed by atoms with van der Waals surface area (Å²) in [6, 6.07) is 51.3. The lowest BCUT2D eigenvalue weighted by Gasteiger charge is -2.15. The van der Waals surface area contributed by atoms with E-state index in [4.69, 9.17) is 15.0 Å². The maximum atomic E-state index is 5.35. The van der Waals surface area contributed by atoms with Gasteiger partial charge >= 0.3 is 0 Å². The molecule has 0 aliphatic heterocycles. The summed E-state index contributed by atoms with van der Waals surface area (Å²) in [7, 11) is 0. The number of imidazole rings is 1. The van der Waals surface area contributed by atoms with Gasteiger partial charge in [-0.3, -0.25) is 4.40 Å². The molecule has 4 heteroatoms. The summed E-state index contributed by atoms with van der Waals surface area (Å²) < 4.78 is 2.27. The molecule has 45 heavy (non-hydrogen) atoms. The topological polar surface area (TPSA) is 43.1 Å². The number of hydrogen-bond acceptors (Lipinski definition) is 3. The van der Waals surface area contributed by atoms with E-state index in [2.05, 4.69) is 126 Å². The van der Waals surface area contributed by atoms with Crippen LogP contribution in [0.1, 0.15) is 0 Å². The zero-order chi connectivity index (χ0) is 29.5. The fourth-order valence-electron chi connectivity index (χ4n) is 7.15. The van der Waals surface area contributed by atoms with Crippen LogP contribution in [0.15, 0.2) is 146 Å². The molecule has 0 radical (unpaired) electrons. The van der Waals surface area contributed by atoms with Crippen LogP contribution in [0.5, 0.6) is 0 Å². The lowest BCUT2D eigenvalue weighted by molar-refractivity contribution is 1.22. The minimum atomic E-state index is 0.701. The van der Waals surface area contributed by atoms with Gasteiger partial charge in [0.15, 0.2) is 5.82 Å². The first-order valence-electron chi connectivity index (χ1n) is 15.2. The van der Waals surface area contributed by atoms with Crippen LogP contribution in [0.4, 0.5) is 0 Å². The first kappa shape index (κ1) is 24.3. The minimum absolute atomic E-state index is 0.701. The molecular weight excluding hydrogens is 548 g/mol. The first-order valence-corrected chi connectivity index (χ1v) is 15.2. The highest BCUT2D eigenvalue weighted by Crippen LogP contribution is 2.41. The highest BCUT2D eigenvalue weighted by atomic mass is 15.0. The van der Waals surface area contributed by atoms with Crippen molar-refractivity contribution in [3.05, 3.63) is 146 Å². The summed E-state index contributed by atoms with van der Waals surface area (Å²) in [5, 5.41) is 9.47. The number of aromatic nitrogens is 4. The van der Waals surface area contributed by atoms with Crippen LogP contribution in [0.2, 0.25) is 0 Å². The Labute approximate surface area is 257 Å². The van der Waals surface area contributed by atoms with E-state index in [0.29, 0.717) is 5.82 Å². The number of fused-ring (bicyclic) bond motifs is 14. The Balaban J connectivity index is 1.41. The minimum Gasteiger partial charge on any atom is -0.292 e. The van der Waals surface area contributed by atoms with E-state index in [1.165, 1.54) is 32.3 Å². The third kappa shape index (κ3) is 3.45. The predicted octanol–water partition coefficient (Wildman–Crippen LogP) is 10.4. The second kappa shape index (κ2) is 9.18. The Hall–Kier alpha value is -6.13. The highest BCUT2D eigenvalue weighted by molar-refractivity contribution is 6.26. The summed E-state index contributed by atoms with van der Waals surface area (Å²) in [6.45, 7) is 0. The third-order valence-electron chi connectivity index (χ3n) is 9.14. The second-order valence-corrected chi connectivity index (χ2v) is 11.6. The normalized spacial score (nSPS) is 12.0. The van der Waals surface area contributed by atoms with Crippen molar-refractivity contribution in [2.75, 3.05) is 0 Å². The molecule has 0 N–H and O–H groups in total. The van der Waals surface area contributed by atoms with E-state index in [-0.39, 0.29) is 0 Å². The third-order valence-corrected chi connectivity index (χ3v) is 9.14. The number of para-hydroxylation sites is 3. The maximum Gasteiger partial charge on any atom is 0.160 e. The zero-order valence-electron chi connectivity index (χ0n) is 24.1. The van der Waals surface area contributed by atoms with Gasteiger partial charge in [-0.1, -0.05) is 121 Å². The quantitative estimate of drug-likeness (QED) is 0.194. The van der Waals surface area contributed by atoms with Crippen LogP contribution in [0.25, 0.3) is 93.4 Å². The number of pyridine rings is 1. The summed E-state index contributed by atoms with van der Waals surface area (Å²) in [4.78, 5) is 15.8. The molecule has 0 saturated heterocycles. The van der Waals surface area contributed by atoms with Crippen molar-refractivity contribution in [3.8, 4) is 22.6 Å². The number of nitrogens with zero attached hydrogens (tertiary/aromatic N) is 4. The van der Waals surface area contributed by atoms with E-state index >= 15 is 0 Å². The van der Waals surface area contributed by atoms with Crippen molar-refractivity contribution in [2.45, 2.75) is 0 Å². The molecule has 10 rings (SSSR count). The average molecular weight is 573 g/mol. The van der Waals surface area contributed by atoms with Gasteiger partial charge in [0, 0.05) is 16.5 Å². The van der Waals surface area contributed by atoms with Crippen molar-refractivity contribution in [1.82, 2.24) is 19.4 Å². The Kier molecular flexibility index (Phi) is 4.96. The molecule has 0 atom stereocenters. The molecule has 0 amide bonds. The van der Waals surface area contributed by atoms with Gasteiger partial charge in [0.1, 0.15) is 5.65 Å². The Morgan fingerprint density at radius 3 is 1.71 bits per heavy atom. The van der Waals surface area contributed by atoms with Crippen LogP contribution in [-0.2, 0) is 0 Å². The molecule has 3 heterocycles. The Morgan fingerprint density at radius 1 is 0.400 bits per heavy atom. The molecule has 7 aromatic carbocycles. The zero-order valence-corrected chi connectivity index (χ0v) is 24.1. The molecule has 3 aromatic heterocycles. The molecule has 10 aromatic rings. The molecule has 208 valence electrons. The maximum absolute atomic E-state index is 5.35. The van der Waals surface area contributed by atoms with Gasteiger partial charge in [-0.25, -0.2) is 15.0 Å². The standard InChI is InChI=1S/C41H24N4/c1-2-12-25(13-3-1)40-43-38(26-22-23-31-29-16-5-4-14-27(29)28-15-6-7-17-30(28)33(31)24-26)37-39(44-40)32-18-8-10-20-35(32)45-36-21-11-9-19-34(36)42-41(37)45/h1-24H. The van der Waals surface area contributed by atoms with E-state index < -0.39 is 0 Å². The Bertz CT molecular complexity index is 2780. The smallest absolute Gasteiger partial charge is 0.160 e. The first-order chi connectivity index (χ1) is 22.3. The largest absolute Gasteiger partial charge is 0.292 e. The van der Waals surface area contributed by atoms with Gasteiger partial charge in [0.2, 0.25) is 0 Å². The molecule has 0 unspecified atom stereocenters. The van der Waals surface area contributed by atoms with Crippen molar-refractivity contribution in [2.24, 2.45) is 0 Å². The van der Waals surface area contributed by atoms with E-state index in [0.717, 1.165) is 55.3 Å². The molecule has 0 fully saturated rings. The molecule has 4 nitrogen and oxygen atoms in total. The van der Waals surface area contributed by atoms with Crippen molar-refractivity contribution in [3.63, 3.8) is 0 Å². The SMILES string of the molecule is c1ccc(-c2nc(-c3ccc4c5ccccc5c5ccccc5c4c3)c3c(n2)c2ccccc2n2c4ccccc4nc32)cc1. The van der Waals surface area contributed by atoms with Gasteiger partial charge in [-0.15, -0.1) is 0 Å². The Morgan fingerprint density at radius 2 is 0.978 bits per heavy atom. The van der Waals surface area contributed by atoms with Gasteiger partial charge in [-0.05, 0) is 56.6 Å². The highest BCUT2D eigenvalue weighted by Gasteiger charge is 2.21. The van der Waals surface area contributed by atoms with Crippen molar-refractivity contribution in [1.29, 1.82) is 0 Å². The van der Waals surface area contributed by atoms with Crippen LogP contribution in [0.3, 0.4) is 0 Å². The van der Waals surface area contributed by atoms with Gasteiger partial charge in [0.25, 0.3) is 0 Å². The van der Waals surface area contributed by atoms with Gasteiger partial charge in [0.05, 0.1) is 33.1 Å². The molecule has 0 aliphatic carbocycles. The van der Waals surface area contributed by atoms with Crippen LogP contribution in [0, 0.1) is 0 Å². The van der Waals surface area contributed by atoms with E-state index in [1.54, 1.807) is 0 Å². The van der Waals surface area contributed by atoms with Crippen LogP contribution < -0.4 is 0 Å². The fraction of sp³-hybridized carbons (Fsp3) is 0.